The summed E-state index contributed by atoms with van der Waals surface area (Å²) >= 11 is 0. The first-order valence-electron chi connectivity index (χ1n) is 30.0. The van der Waals surface area contributed by atoms with Crippen LogP contribution in [0.25, 0.3) is 0 Å². The van der Waals surface area contributed by atoms with Crippen LogP contribution in [0.2, 0.25) is 0 Å². The number of unbranched alkanes of at least 4 members (excludes halogenated alkanes) is 21. The molecule has 3 rings (SSSR count). The van der Waals surface area contributed by atoms with E-state index >= 15 is 0 Å². The van der Waals surface area contributed by atoms with Gasteiger partial charge in [-0.05, 0) is 38.5 Å². The van der Waals surface area contributed by atoms with Gasteiger partial charge in [-0.2, -0.15) is 0 Å². The van der Waals surface area contributed by atoms with E-state index in [1.807, 2.05) is 0 Å². The molecule has 18 unspecified atom stereocenters. The van der Waals surface area contributed by atoms with Crippen LogP contribution in [-0.4, -0.2) is 215 Å². The second kappa shape index (κ2) is 39.9. The zero-order valence-corrected chi connectivity index (χ0v) is 47.9. The van der Waals surface area contributed by atoms with E-state index in [2.05, 4.69) is 36.6 Å². The van der Waals surface area contributed by atoms with Crippen LogP contribution in [0, 0.1) is 0 Å². The molecule has 3 heterocycles. The Balaban J connectivity index is 1.68. The van der Waals surface area contributed by atoms with Crippen molar-refractivity contribution >= 4 is 17.8 Å². The normalized spacial score (nSPS) is 30.7. The van der Waals surface area contributed by atoms with Gasteiger partial charge >= 0.3 is 5.97 Å². The van der Waals surface area contributed by atoms with Crippen molar-refractivity contribution in [2.45, 2.75) is 304 Å². The number of aliphatic hydroxyl groups excluding tert-OH is 11. The maximum absolute atomic E-state index is 13.3. The average molecular weight is 1150 g/mol. The summed E-state index contributed by atoms with van der Waals surface area (Å²) in [5, 5.41) is 135. The highest BCUT2D eigenvalue weighted by atomic mass is 16.8. The van der Waals surface area contributed by atoms with Crippen molar-refractivity contribution in [1.82, 2.24) is 10.6 Å². The Morgan fingerprint density at radius 3 is 1.69 bits per heavy atom. The smallest absolute Gasteiger partial charge is 0.364 e. The molecule has 0 aliphatic carbocycles. The summed E-state index contributed by atoms with van der Waals surface area (Å²) in [5.74, 6) is -6.12. The molecule has 0 radical (unpaired) electrons. The number of allylic oxidation sites excluding steroid dienone is 2. The summed E-state index contributed by atoms with van der Waals surface area (Å²) in [6.07, 6.45) is 2.48. The van der Waals surface area contributed by atoms with Gasteiger partial charge in [0.2, 0.25) is 11.8 Å². The van der Waals surface area contributed by atoms with Crippen molar-refractivity contribution in [3.8, 4) is 0 Å². The van der Waals surface area contributed by atoms with Crippen LogP contribution < -0.4 is 10.6 Å². The van der Waals surface area contributed by atoms with Crippen LogP contribution in [0.4, 0.5) is 0 Å². The van der Waals surface area contributed by atoms with Crippen LogP contribution in [0.1, 0.15) is 194 Å². The predicted octanol–water partition coefficient (Wildman–Crippen LogP) is 2.39. The molecule has 3 fully saturated rings. The number of nitrogens with one attached hydrogen (secondary N) is 2. The van der Waals surface area contributed by atoms with E-state index in [4.69, 9.17) is 28.4 Å². The number of ether oxygens (including phenoxy) is 6. The van der Waals surface area contributed by atoms with Gasteiger partial charge in [0.25, 0.3) is 5.79 Å². The maximum Gasteiger partial charge on any atom is 0.364 e. The Labute approximate surface area is 473 Å². The Bertz CT molecular complexity index is 1700. The Kier molecular flexibility index (Phi) is 35.8. The lowest BCUT2D eigenvalue weighted by Crippen LogP contribution is -2.70. The van der Waals surface area contributed by atoms with Crippen molar-refractivity contribution in [2.24, 2.45) is 0 Å². The minimum Gasteiger partial charge on any atom is -0.477 e. The first-order valence-corrected chi connectivity index (χ1v) is 30.0. The van der Waals surface area contributed by atoms with Gasteiger partial charge in [-0.1, -0.05) is 148 Å². The molecule has 3 aliphatic heterocycles. The van der Waals surface area contributed by atoms with Crippen LogP contribution >= 0.6 is 0 Å². The second-order valence-corrected chi connectivity index (χ2v) is 22.2. The minimum atomic E-state index is -3.08. The zero-order chi connectivity index (χ0) is 59.0. The van der Waals surface area contributed by atoms with E-state index in [1.165, 1.54) is 89.9 Å². The highest BCUT2D eigenvalue weighted by Gasteiger charge is 2.60. The van der Waals surface area contributed by atoms with Gasteiger partial charge in [0.1, 0.15) is 67.1 Å². The van der Waals surface area contributed by atoms with Crippen LogP contribution in [0.15, 0.2) is 12.2 Å². The van der Waals surface area contributed by atoms with E-state index in [0.717, 1.165) is 58.3 Å². The molecule has 23 nitrogen and oxygen atoms in total. The summed E-state index contributed by atoms with van der Waals surface area (Å²) in [4.78, 5) is 38.3. The third-order valence-electron chi connectivity index (χ3n) is 15.5. The molecular weight excluding hydrogens is 1050 g/mol. The van der Waals surface area contributed by atoms with Crippen molar-refractivity contribution in [3.05, 3.63) is 12.2 Å². The van der Waals surface area contributed by atoms with Gasteiger partial charge in [0.15, 0.2) is 12.6 Å². The number of carbonyl (C=O) groups is 3. The van der Waals surface area contributed by atoms with Crippen molar-refractivity contribution < 1.29 is 104 Å². The third kappa shape index (κ3) is 24.2. The van der Waals surface area contributed by atoms with Crippen LogP contribution in [0.5, 0.6) is 0 Å². The Morgan fingerprint density at radius 1 is 0.637 bits per heavy atom. The molecule has 0 bridgehead atoms. The van der Waals surface area contributed by atoms with Crippen LogP contribution in [0.3, 0.4) is 0 Å². The van der Waals surface area contributed by atoms with E-state index in [1.54, 1.807) is 0 Å². The molecule has 18 atom stereocenters. The molecule has 0 aromatic rings. The third-order valence-corrected chi connectivity index (χ3v) is 15.5. The van der Waals surface area contributed by atoms with Crippen molar-refractivity contribution in [3.63, 3.8) is 0 Å². The SMILES string of the molecule is CCCCCCCC/C=C\CCCCCC(=O)NC(COC1OC(CO)C(OC2OC(CO)C(O)C(OC3(C(=O)O)CC(O)C(NC(C)=O)C(C(O)C(O)CO)O3)C2O)C(O)C1O)C(O)CCCCCCCCCCCCCCC. The maximum atomic E-state index is 13.3. The fraction of sp³-hybridized carbons (Fsp3) is 0.912. The number of aliphatic hydroxyl groups is 11. The first kappa shape index (κ1) is 71.7. The molecule has 23 heteroatoms. The number of aliphatic carboxylic acids is 1. The molecule has 3 aliphatic rings. The molecule has 0 aromatic carbocycles. The fourth-order valence-corrected chi connectivity index (χ4v) is 10.6. The van der Waals surface area contributed by atoms with E-state index in [9.17, 15) is 75.7 Å². The van der Waals surface area contributed by atoms with E-state index < -0.39 is 148 Å². The fourth-order valence-electron chi connectivity index (χ4n) is 10.6. The minimum absolute atomic E-state index is 0.204. The average Bonchev–Trinajstić information content (AvgIpc) is 3.44. The monoisotopic (exact) mass is 1150 g/mol. The lowest BCUT2D eigenvalue weighted by Gasteiger charge is -2.50. The van der Waals surface area contributed by atoms with Gasteiger partial charge < -0.3 is 100 Å². The van der Waals surface area contributed by atoms with Gasteiger partial charge in [-0.15, -0.1) is 0 Å². The predicted molar refractivity (Wildman–Crippen MR) is 292 cm³/mol. The molecule has 0 aromatic heterocycles. The van der Waals surface area contributed by atoms with Gasteiger partial charge in [0.05, 0.1) is 50.7 Å². The summed E-state index contributed by atoms with van der Waals surface area (Å²) in [7, 11) is 0. The molecule has 468 valence electrons. The topological polar surface area (TPSA) is 373 Å². The first-order chi connectivity index (χ1) is 38.4. The molecule has 2 amide bonds. The highest BCUT2D eigenvalue weighted by molar-refractivity contribution is 5.77. The molecule has 3 saturated heterocycles. The molecule has 0 spiro atoms. The number of amides is 2. The Hall–Kier alpha value is -2.53. The largest absolute Gasteiger partial charge is 0.477 e. The molecular formula is C57H104N2O21. The summed E-state index contributed by atoms with van der Waals surface area (Å²) in [6.45, 7) is 2.13. The number of carboxylic acids is 1. The summed E-state index contributed by atoms with van der Waals surface area (Å²) in [5.41, 5.74) is 0. The number of hydrogen-bond donors (Lipinski definition) is 14. The number of carboxylic acid groups (broad SMARTS) is 1. The molecule has 14 N–H and O–H groups in total. The zero-order valence-electron chi connectivity index (χ0n) is 47.9. The van der Waals surface area contributed by atoms with E-state index in [0.29, 0.717) is 19.3 Å². The number of rotatable bonds is 43. The van der Waals surface area contributed by atoms with Crippen molar-refractivity contribution in [1.29, 1.82) is 0 Å². The van der Waals surface area contributed by atoms with E-state index in [-0.39, 0.29) is 18.9 Å². The lowest BCUT2D eigenvalue weighted by molar-refractivity contribution is -0.386. The Morgan fingerprint density at radius 2 is 1.16 bits per heavy atom. The van der Waals surface area contributed by atoms with Gasteiger partial charge in [-0.3, -0.25) is 9.59 Å². The van der Waals surface area contributed by atoms with Crippen molar-refractivity contribution in [2.75, 3.05) is 26.4 Å². The second-order valence-electron chi connectivity index (χ2n) is 22.2. The standard InChI is InChI=1S/C57H104N2O21/c1-4-6-8-10-12-14-16-18-20-22-24-26-28-30-39(64)38(59-44(67)31-29-27-25-23-21-19-17-15-13-11-9-7-5-2)36-75-54-49(71)48(70)51(43(35-62)77-54)78-55-50(72)53(47(69)42(34-61)76-55)80-57(56(73)74)32-40(65)45(58-37(3)63)52(79-57)46(68)41(66)33-60/h19,21,38-43,45-55,60-62,64-66,68-72H,4-18,20,22-36H2,1-3H3,(H,58,63)(H,59,67)(H,73,74)/b21-19-. The molecule has 0 saturated carbocycles. The highest BCUT2D eigenvalue weighted by Crippen LogP contribution is 2.38. The quantitative estimate of drug-likeness (QED) is 0.0308. The molecule has 80 heavy (non-hydrogen) atoms. The lowest BCUT2D eigenvalue weighted by atomic mass is 9.88. The van der Waals surface area contributed by atoms with Crippen LogP contribution in [-0.2, 0) is 42.8 Å². The van der Waals surface area contributed by atoms with Gasteiger partial charge in [0, 0.05) is 19.8 Å². The summed E-state index contributed by atoms with van der Waals surface area (Å²) < 4.78 is 34.7. The number of hydrogen-bond acceptors (Lipinski definition) is 20. The van der Waals surface area contributed by atoms with Gasteiger partial charge in [-0.25, -0.2) is 4.79 Å². The summed E-state index contributed by atoms with van der Waals surface area (Å²) in [6, 6.07) is -2.53. The number of carbonyl (C=O) groups excluding carboxylic acids is 2.